The molecule has 7 nitrogen and oxygen atoms in total. The summed E-state index contributed by atoms with van der Waals surface area (Å²) in [7, 11) is -3.63. The molecule has 2 aromatic rings. The average molecular weight is 299 g/mol. The lowest BCUT2D eigenvalue weighted by Gasteiger charge is -2.13. The van der Waals surface area contributed by atoms with Crippen LogP contribution in [-0.2, 0) is 16.4 Å². The van der Waals surface area contributed by atoms with Crippen LogP contribution >= 0.6 is 0 Å². The first-order valence-electron chi connectivity index (χ1n) is 6.16. The molecule has 2 aromatic heterocycles. The molecule has 0 amide bonds. The number of aryl methyl sites for hydroxylation is 3. The minimum Gasteiger partial charge on any atom is -0.363 e. The monoisotopic (exact) mass is 299 g/mol. The van der Waals surface area contributed by atoms with Crippen molar-refractivity contribution in [3.63, 3.8) is 0 Å². The van der Waals surface area contributed by atoms with Gasteiger partial charge in [-0.05, 0) is 34.1 Å². The lowest BCUT2D eigenvalue weighted by molar-refractivity contribution is 0.392. The molecule has 0 aromatic carbocycles. The topological polar surface area (TPSA) is 98.2 Å². The van der Waals surface area contributed by atoms with Crippen LogP contribution < -0.4 is 4.72 Å². The Hall–Kier alpha value is -1.67. The number of nitrogens with one attached hydrogen (secondary N) is 1. The van der Waals surface area contributed by atoms with Crippen molar-refractivity contribution in [1.82, 2.24) is 15.0 Å². The molecule has 0 fully saturated rings. The summed E-state index contributed by atoms with van der Waals surface area (Å²) in [6.07, 6.45) is 1.63. The molecule has 2 heterocycles. The number of aromatic nitrogens is 2. The molecule has 110 valence electrons. The molecule has 0 aliphatic heterocycles. The fraction of sp³-hybridized carbons (Fsp3) is 0.500. The van der Waals surface area contributed by atoms with E-state index < -0.39 is 10.0 Å². The average Bonchev–Trinajstić information content (AvgIpc) is 2.90. The maximum Gasteiger partial charge on any atom is 0.245 e. The summed E-state index contributed by atoms with van der Waals surface area (Å²) >= 11 is 0. The van der Waals surface area contributed by atoms with Gasteiger partial charge in [-0.2, -0.15) is 0 Å². The van der Waals surface area contributed by atoms with Gasteiger partial charge in [0.1, 0.15) is 22.6 Å². The van der Waals surface area contributed by atoms with Crippen molar-refractivity contribution in [2.24, 2.45) is 0 Å². The molecule has 20 heavy (non-hydrogen) atoms. The maximum absolute atomic E-state index is 12.2. The molecule has 1 N–H and O–H groups in total. The second-order valence-corrected chi connectivity index (χ2v) is 6.48. The molecule has 1 atom stereocenters. The Balaban J connectivity index is 2.13. The second-order valence-electron chi connectivity index (χ2n) is 4.79. The van der Waals surface area contributed by atoms with Gasteiger partial charge in [-0.3, -0.25) is 0 Å². The van der Waals surface area contributed by atoms with E-state index in [9.17, 15) is 8.42 Å². The third-order valence-electron chi connectivity index (χ3n) is 3.04. The van der Waals surface area contributed by atoms with Crippen LogP contribution in [0.3, 0.4) is 0 Å². The van der Waals surface area contributed by atoms with Gasteiger partial charge >= 0.3 is 0 Å². The highest BCUT2D eigenvalue weighted by atomic mass is 32.2. The summed E-state index contributed by atoms with van der Waals surface area (Å²) in [5, 5.41) is 7.43. The SMILES string of the molecule is Cc1nocc1S(=O)(=O)N[C@@H](C)Cc1c(C)noc1C. The summed E-state index contributed by atoms with van der Waals surface area (Å²) in [6.45, 7) is 7.00. The fourth-order valence-corrected chi connectivity index (χ4v) is 3.35. The zero-order valence-electron chi connectivity index (χ0n) is 11.8. The van der Waals surface area contributed by atoms with E-state index in [1.54, 1.807) is 20.8 Å². The largest absolute Gasteiger partial charge is 0.363 e. The Morgan fingerprint density at radius 3 is 2.45 bits per heavy atom. The molecule has 8 heteroatoms. The standard InChI is InChI=1S/C12H17N3O4S/c1-7(5-11-8(2)14-19-10(11)4)15-20(16,17)12-6-18-13-9(12)3/h6-7,15H,5H2,1-4H3/t7-/m0/s1. The van der Waals surface area contributed by atoms with E-state index in [2.05, 4.69) is 19.6 Å². The van der Waals surface area contributed by atoms with Crippen molar-refractivity contribution < 1.29 is 17.5 Å². The number of sulfonamides is 1. The van der Waals surface area contributed by atoms with Gasteiger partial charge in [0.15, 0.2) is 0 Å². The van der Waals surface area contributed by atoms with Crippen molar-refractivity contribution in [3.05, 3.63) is 29.0 Å². The molecule has 0 aliphatic carbocycles. The van der Waals surface area contributed by atoms with E-state index in [-0.39, 0.29) is 10.9 Å². The smallest absolute Gasteiger partial charge is 0.245 e. The number of hydrogen-bond acceptors (Lipinski definition) is 6. The molecule has 0 bridgehead atoms. The van der Waals surface area contributed by atoms with E-state index >= 15 is 0 Å². The van der Waals surface area contributed by atoms with Crippen LogP contribution in [0.1, 0.15) is 29.6 Å². The molecular weight excluding hydrogens is 282 g/mol. The predicted molar refractivity (Wildman–Crippen MR) is 70.7 cm³/mol. The first-order chi connectivity index (χ1) is 9.31. The van der Waals surface area contributed by atoms with Gasteiger partial charge in [0, 0.05) is 11.6 Å². The van der Waals surface area contributed by atoms with Crippen molar-refractivity contribution in [2.75, 3.05) is 0 Å². The van der Waals surface area contributed by atoms with Gasteiger partial charge in [-0.15, -0.1) is 0 Å². The van der Waals surface area contributed by atoms with E-state index in [0.717, 1.165) is 17.5 Å². The third kappa shape index (κ3) is 2.91. The molecular formula is C12H17N3O4S. The highest BCUT2D eigenvalue weighted by Crippen LogP contribution is 2.17. The first-order valence-corrected chi connectivity index (χ1v) is 7.64. The highest BCUT2D eigenvalue weighted by Gasteiger charge is 2.23. The Bertz CT molecular complexity index is 683. The van der Waals surface area contributed by atoms with E-state index in [4.69, 9.17) is 4.52 Å². The molecule has 0 unspecified atom stereocenters. The van der Waals surface area contributed by atoms with Crippen LogP contribution in [0.5, 0.6) is 0 Å². The minimum absolute atomic E-state index is 0.0584. The second kappa shape index (κ2) is 5.37. The molecule has 0 radical (unpaired) electrons. The van der Waals surface area contributed by atoms with E-state index in [0.29, 0.717) is 17.9 Å². The Kier molecular flexibility index (Phi) is 3.96. The normalized spacial score (nSPS) is 13.6. The number of hydrogen-bond donors (Lipinski definition) is 1. The summed E-state index contributed by atoms with van der Waals surface area (Å²) in [6, 6.07) is -0.300. The van der Waals surface area contributed by atoms with Gasteiger partial charge < -0.3 is 9.05 Å². The van der Waals surface area contributed by atoms with Gasteiger partial charge in [-0.1, -0.05) is 10.3 Å². The zero-order valence-corrected chi connectivity index (χ0v) is 12.6. The van der Waals surface area contributed by atoms with Gasteiger partial charge in [-0.25, -0.2) is 13.1 Å². The Labute approximate surface area is 117 Å². The zero-order chi connectivity index (χ0) is 14.9. The van der Waals surface area contributed by atoms with Gasteiger partial charge in [0.25, 0.3) is 0 Å². The summed E-state index contributed by atoms with van der Waals surface area (Å²) in [5.74, 6) is 0.703. The lowest BCUT2D eigenvalue weighted by Crippen LogP contribution is -2.34. The maximum atomic E-state index is 12.2. The fourth-order valence-electron chi connectivity index (χ4n) is 2.01. The lowest BCUT2D eigenvalue weighted by atomic mass is 10.1. The van der Waals surface area contributed by atoms with Crippen LogP contribution in [0.4, 0.5) is 0 Å². The first kappa shape index (κ1) is 14.7. The quantitative estimate of drug-likeness (QED) is 0.898. The van der Waals surface area contributed by atoms with Crippen molar-refractivity contribution in [1.29, 1.82) is 0 Å². The van der Waals surface area contributed by atoms with Crippen LogP contribution in [0.2, 0.25) is 0 Å². The number of nitrogens with zero attached hydrogens (tertiary/aromatic N) is 2. The minimum atomic E-state index is -3.63. The molecule has 2 rings (SSSR count). The Morgan fingerprint density at radius 2 is 1.95 bits per heavy atom. The van der Waals surface area contributed by atoms with Crippen LogP contribution in [-0.4, -0.2) is 24.8 Å². The van der Waals surface area contributed by atoms with Crippen LogP contribution in [0, 0.1) is 20.8 Å². The molecule has 0 saturated heterocycles. The highest BCUT2D eigenvalue weighted by molar-refractivity contribution is 7.89. The van der Waals surface area contributed by atoms with Gasteiger partial charge in [0.05, 0.1) is 5.69 Å². The van der Waals surface area contributed by atoms with Crippen LogP contribution in [0.25, 0.3) is 0 Å². The van der Waals surface area contributed by atoms with Crippen molar-refractivity contribution in [3.8, 4) is 0 Å². The predicted octanol–water partition coefficient (Wildman–Crippen LogP) is 1.50. The van der Waals surface area contributed by atoms with Crippen molar-refractivity contribution in [2.45, 2.75) is 45.1 Å². The summed E-state index contributed by atoms with van der Waals surface area (Å²) < 4.78 is 36.7. The van der Waals surface area contributed by atoms with Crippen molar-refractivity contribution >= 4 is 10.0 Å². The van der Waals surface area contributed by atoms with E-state index in [1.807, 2.05) is 6.92 Å². The van der Waals surface area contributed by atoms with Gasteiger partial charge in [0.2, 0.25) is 10.0 Å². The van der Waals surface area contributed by atoms with Crippen LogP contribution in [0.15, 0.2) is 20.2 Å². The summed E-state index contributed by atoms with van der Waals surface area (Å²) in [4.78, 5) is 0.0584. The molecule has 0 saturated carbocycles. The summed E-state index contributed by atoms with van der Waals surface area (Å²) in [5.41, 5.74) is 2.03. The molecule has 0 aliphatic rings. The Morgan fingerprint density at radius 1 is 1.25 bits per heavy atom. The third-order valence-corrected chi connectivity index (χ3v) is 4.73. The van der Waals surface area contributed by atoms with E-state index in [1.165, 1.54) is 0 Å². The molecule has 0 spiro atoms. The number of rotatable bonds is 5.